The summed E-state index contributed by atoms with van der Waals surface area (Å²) in [5.74, 6) is 0.241. The van der Waals surface area contributed by atoms with Crippen LogP contribution in [0.2, 0.25) is 0 Å². The van der Waals surface area contributed by atoms with Gasteiger partial charge in [-0.1, -0.05) is 6.92 Å². The van der Waals surface area contributed by atoms with Crippen LogP contribution in [0.4, 0.5) is 15.5 Å². The molecule has 41 heavy (non-hydrogen) atoms. The molecule has 0 bridgehead atoms. The molecule has 0 aromatic carbocycles. The summed E-state index contributed by atoms with van der Waals surface area (Å²) in [7, 11) is -4.45. The molecule has 0 fully saturated rings. The van der Waals surface area contributed by atoms with Gasteiger partial charge in [-0.05, 0) is 48.0 Å². The van der Waals surface area contributed by atoms with Crippen LogP contribution in [-0.2, 0) is 41.8 Å². The van der Waals surface area contributed by atoms with Crippen molar-refractivity contribution in [1.82, 2.24) is 19.5 Å². The maximum Gasteiger partial charge on any atom is 0.510 e. The van der Waals surface area contributed by atoms with E-state index < -0.39 is 58.3 Å². The molecule has 0 radical (unpaired) electrons. The lowest BCUT2D eigenvalue weighted by atomic mass is 10.3. The van der Waals surface area contributed by atoms with Crippen LogP contribution < -0.4 is 10.5 Å². The molecule has 0 aliphatic heterocycles. The Morgan fingerprint density at radius 1 is 0.951 bits per heavy atom. The van der Waals surface area contributed by atoms with Gasteiger partial charge in [-0.3, -0.25) is 9.09 Å². The van der Waals surface area contributed by atoms with Gasteiger partial charge in [0.1, 0.15) is 6.23 Å². The van der Waals surface area contributed by atoms with Crippen LogP contribution in [0.15, 0.2) is 6.33 Å². The highest BCUT2D eigenvalue weighted by Gasteiger charge is 2.31. The molecule has 0 unspecified atom stereocenters. The number of phosphoric ester groups is 1. The maximum absolute atomic E-state index is 13.2. The number of ether oxygens (including phenoxy) is 6. The van der Waals surface area contributed by atoms with Crippen LogP contribution in [0.1, 0.15) is 61.1 Å². The molecule has 2 heterocycles. The summed E-state index contributed by atoms with van der Waals surface area (Å²) in [5, 5.41) is 0. The van der Waals surface area contributed by atoms with Crippen molar-refractivity contribution in [3.63, 3.8) is 0 Å². The van der Waals surface area contributed by atoms with Gasteiger partial charge in [0.25, 0.3) is 0 Å². The topological polar surface area (TPSA) is 204 Å². The Balaban J connectivity index is 2.07. The minimum absolute atomic E-state index is 0.000463. The van der Waals surface area contributed by atoms with Gasteiger partial charge < -0.3 is 34.2 Å². The fraction of sp³-hybridized carbons (Fsp3) is 0.696. The summed E-state index contributed by atoms with van der Waals surface area (Å²) in [5.41, 5.74) is 6.62. The number of nitrogens with zero attached hydrogens (tertiary/aromatic N) is 4. The van der Waals surface area contributed by atoms with Crippen LogP contribution in [0.25, 0.3) is 11.2 Å². The fourth-order valence-electron chi connectivity index (χ4n) is 3.02. The number of hydrogen-bond donors (Lipinski definition) is 1. The van der Waals surface area contributed by atoms with Crippen LogP contribution in [-0.4, -0.2) is 76.9 Å². The first-order chi connectivity index (χ1) is 19.4. The first kappa shape index (κ1) is 34.0. The zero-order valence-electron chi connectivity index (χ0n) is 24.1. The Morgan fingerprint density at radius 3 is 2.05 bits per heavy atom. The molecule has 2 aromatic rings. The van der Waals surface area contributed by atoms with E-state index in [-0.39, 0.29) is 18.4 Å². The number of anilines is 1. The Morgan fingerprint density at radius 2 is 1.54 bits per heavy atom. The van der Waals surface area contributed by atoms with Crippen molar-refractivity contribution < 1.29 is 56.1 Å². The number of imidazole rings is 1. The SMILES string of the molecule is CCOc1nc(N)nc2c1ncn2[C@@H](C)O[C@@H](CC)COP(=O)(OCOC(=O)OC(C)C)OCOC(=O)OC(C)C. The summed E-state index contributed by atoms with van der Waals surface area (Å²) < 4.78 is 61.1. The molecule has 0 saturated heterocycles. The zero-order chi connectivity index (χ0) is 30.6. The lowest BCUT2D eigenvalue weighted by Crippen LogP contribution is -2.24. The molecular formula is C23H38N5O12P. The summed E-state index contributed by atoms with van der Waals surface area (Å²) in [6.07, 6.45) is -2.40. The molecule has 0 saturated carbocycles. The number of phosphoric acid groups is 1. The third-order valence-corrected chi connectivity index (χ3v) is 6.09. The van der Waals surface area contributed by atoms with E-state index in [1.54, 1.807) is 46.1 Å². The van der Waals surface area contributed by atoms with Crippen molar-refractivity contribution in [1.29, 1.82) is 0 Å². The molecule has 17 nitrogen and oxygen atoms in total. The van der Waals surface area contributed by atoms with Gasteiger partial charge in [-0.25, -0.2) is 28.2 Å². The Bertz CT molecular complexity index is 1150. The second-order valence-corrected chi connectivity index (χ2v) is 10.4. The maximum atomic E-state index is 13.2. The van der Waals surface area contributed by atoms with Gasteiger partial charge in [0, 0.05) is 0 Å². The van der Waals surface area contributed by atoms with Gasteiger partial charge in [0.05, 0.1) is 37.9 Å². The summed E-state index contributed by atoms with van der Waals surface area (Å²) in [6.45, 7) is 10.2. The van der Waals surface area contributed by atoms with Crippen LogP contribution in [0, 0.1) is 0 Å². The average Bonchev–Trinajstić information content (AvgIpc) is 3.30. The average molecular weight is 608 g/mol. The minimum Gasteiger partial charge on any atom is -0.476 e. The van der Waals surface area contributed by atoms with E-state index in [4.69, 9.17) is 47.7 Å². The third kappa shape index (κ3) is 11.3. The normalized spacial score (nSPS) is 13.3. The van der Waals surface area contributed by atoms with E-state index in [2.05, 4.69) is 15.0 Å². The lowest BCUT2D eigenvalue weighted by Gasteiger charge is -2.24. The Hall–Kier alpha value is -3.24. The Labute approximate surface area is 237 Å². The Kier molecular flexibility index (Phi) is 13.5. The molecule has 18 heteroatoms. The van der Waals surface area contributed by atoms with Crippen LogP contribution in [0.5, 0.6) is 5.88 Å². The number of nitrogen functional groups attached to an aromatic ring is 1. The smallest absolute Gasteiger partial charge is 0.476 e. The van der Waals surface area contributed by atoms with E-state index in [0.717, 1.165) is 0 Å². The molecule has 2 aromatic heterocycles. The van der Waals surface area contributed by atoms with Crippen LogP contribution in [0.3, 0.4) is 0 Å². The first-order valence-electron chi connectivity index (χ1n) is 12.9. The van der Waals surface area contributed by atoms with E-state index >= 15 is 0 Å². The van der Waals surface area contributed by atoms with E-state index in [1.165, 1.54) is 6.33 Å². The summed E-state index contributed by atoms with van der Waals surface area (Å²) in [6, 6.07) is 0. The molecule has 2 rings (SSSR count). The standard InChI is InChI=1S/C23H38N5O12P/c1-8-17(40-16(7)28-11-25-18-19(28)26-21(24)27-20(18)32-9-2)10-35-41(31,36-12-33-22(29)38-14(3)4)37-13-34-23(30)39-15(5)6/h11,14-17H,8-10,12-13H2,1-7H3,(H2,24,26,27)/t16-,17+/m1/s1. The largest absolute Gasteiger partial charge is 0.510 e. The number of carbonyl (C=O) groups is 2. The van der Waals surface area contributed by atoms with E-state index in [0.29, 0.717) is 24.2 Å². The first-order valence-corrected chi connectivity index (χ1v) is 14.3. The summed E-state index contributed by atoms with van der Waals surface area (Å²) >= 11 is 0. The van der Waals surface area contributed by atoms with Crippen LogP contribution >= 0.6 is 7.82 Å². The molecule has 0 aliphatic rings. The monoisotopic (exact) mass is 607 g/mol. The van der Waals surface area contributed by atoms with Gasteiger partial charge in [0.15, 0.2) is 11.2 Å². The quantitative estimate of drug-likeness (QED) is 0.151. The van der Waals surface area contributed by atoms with Crippen molar-refractivity contribution in [2.75, 3.05) is 32.5 Å². The van der Waals surface area contributed by atoms with Gasteiger partial charge in [-0.15, -0.1) is 0 Å². The summed E-state index contributed by atoms with van der Waals surface area (Å²) in [4.78, 5) is 35.9. The van der Waals surface area contributed by atoms with Crippen molar-refractivity contribution in [3.05, 3.63) is 6.33 Å². The predicted molar refractivity (Wildman–Crippen MR) is 142 cm³/mol. The van der Waals surface area contributed by atoms with Gasteiger partial charge in [0.2, 0.25) is 25.4 Å². The number of carbonyl (C=O) groups excluding carboxylic acids is 2. The number of rotatable bonds is 17. The zero-order valence-corrected chi connectivity index (χ0v) is 25.0. The van der Waals surface area contributed by atoms with E-state index in [1.807, 2.05) is 6.92 Å². The lowest BCUT2D eigenvalue weighted by molar-refractivity contribution is -0.0777. The van der Waals surface area contributed by atoms with Crippen molar-refractivity contribution in [2.45, 2.75) is 79.4 Å². The number of hydrogen-bond acceptors (Lipinski definition) is 16. The molecule has 2 atom stereocenters. The minimum atomic E-state index is -4.45. The number of nitrogens with two attached hydrogens (primary N) is 1. The number of aromatic nitrogens is 4. The van der Waals surface area contributed by atoms with Gasteiger partial charge >= 0.3 is 20.1 Å². The van der Waals surface area contributed by atoms with Gasteiger partial charge in [-0.2, -0.15) is 9.97 Å². The fourth-order valence-corrected chi connectivity index (χ4v) is 3.96. The van der Waals surface area contributed by atoms with Crippen molar-refractivity contribution in [2.24, 2.45) is 0 Å². The number of fused-ring (bicyclic) bond motifs is 1. The second-order valence-electron chi connectivity index (χ2n) is 8.77. The highest BCUT2D eigenvalue weighted by molar-refractivity contribution is 7.48. The highest BCUT2D eigenvalue weighted by Crippen LogP contribution is 2.49. The van der Waals surface area contributed by atoms with Crippen molar-refractivity contribution >= 4 is 37.2 Å². The second kappa shape index (κ2) is 16.3. The molecule has 232 valence electrons. The van der Waals surface area contributed by atoms with Crippen molar-refractivity contribution in [3.8, 4) is 5.88 Å². The molecular weight excluding hydrogens is 569 g/mol. The predicted octanol–water partition coefficient (Wildman–Crippen LogP) is 4.32. The third-order valence-electron chi connectivity index (χ3n) is 4.78. The molecule has 0 aliphatic carbocycles. The molecule has 0 amide bonds. The van der Waals surface area contributed by atoms with E-state index in [9.17, 15) is 14.2 Å². The highest BCUT2D eigenvalue weighted by atomic mass is 31.2. The molecule has 2 N–H and O–H groups in total. The molecule has 0 spiro atoms.